The van der Waals surface area contributed by atoms with E-state index in [0.29, 0.717) is 17.2 Å². The third-order valence-electron chi connectivity index (χ3n) is 5.27. The largest absolute Gasteiger partial charge is 0.493 e. The van der Waals surface area contributed by atoms with Crippen LogP contribution >= 0.6 is 0 Å². The van der Waals surface area contributed by atoms with Crippen LogP contribution in [0.2, 0.25) is 0 Å². The molecular weight excluding hydrogens is 394 g/mol. The van der Waals surface area contributed by atoms with E-state index in [1.54, 1.807) is 39.3 Å². The van der Waals surface area contributed by atoms with Crippen LogP contribution in [-0.2, 0) is 28.9 Å². The van der Waals surface area contributed by atoms with Crippen LogP contribution in [0.1, 0.15) is 42.9 Å². The van der Waals surface area contributed by atoms with Gasteiger partial charge in [0.05, 0.1) is 27.1 Å². The number of methoxy groups -OCH3 is 2. The van der Waals surface area contributed by atoms with Crippen LogP contribution in [0.4, 0.5) is 5.69 Å². The van der Waals surface area contributed by atoms with Crippen molar-refractivity contribution in [2.75, 3.05) is 19.5 Å². The Labute approximate surface area is 182 Å². The fourth-order valence-electron chi connectivity index (χ4n) is 3.74. The first kappa shape index (κ1) is 22.3. The lowest BCUT2D eigenvalue weighted by Crippen LogP contribution is -2.23. The standard InChI is InChI=1S/C24H29N3O4/c1-16(13-23(28)25-20-10-6-8-18-7-4-5-9-19(18)20)26-27-24(29)15-17-11-12-21(30-2)22(14-17)31-3/h6,8,10-12,14H,4-5,7,9,13,15H2,1-3H3,(H,25,28)(H,27,29)/b26-16+. The van der Waals surface area contributed by atoms with E-state index in [2.05, 4.69) is 21.9 Å². The molecule has 7 heteroatoms. The number of hydrogen-bond acceptors (Lipinski definition) is 5. The molecule has 2 aromatic rings. The summed E-state index contributed by atoms with van der Waals surface area (Å²) in [5, 5.41) is 7.06. The summed E-state index contributed by atoms with van der Waals surface area (Å²) in [6.07, 6.45) is 4.64. The van der Waals surface area contributed by atoms with Gasteiger partial charge in [-0.1, -0.05) is 18.2 Å². The van der Waals surface area contributed by atoms with Gasteiger partial charge in [0.2, 0.25) is 11.8 Å². The van der Waals surface area contributed by atoms with Gasteiger partial charge < -0.3 is 14.8 Å². The van der Waals surface area contributed by atoms with Crippen molar-refractivity contribution in [3.05, 3.63) is 53.1 Å². The molecule has 0 unspecified atom stereocenters. The molecule has 31 heavy (non-hydrogen) atoms. The average molecular weight is 424 g/mol. The van der Waals surface area contributed by atoms with Crippen LogP contribution in [-0.4, -0.2) is 31.7 Å². The number of anilines is 1. The average Bonchev–Trinajstić information content (AvgIpc) is 2.77. The maximum atomic E-state index is 12.4. The predicted molar refractivity (Wildman–Crippen MR) is 121 cm³/mol. The van der Waals surface area contributed by atoms with Crippen LogP contribution in [0.25, 0.3) is 0 Å². The van der Waals surface area contributed by atoms with E-state index in [9.17, 15) is 9.59 Å². The van der Waals surface area contributed by atoms with Crippen molar-refractivity contribution < 1.29 is 19.1 Å². The zero-order chi connectivity index (χ0) is 22.2. The number of nitrogens with zero attached hydrogens (tertiary/aromatic N) is 1. The van der Waals surface area contributed by atoms with Crippen molar-refractivity contribution in [1.29, 1.82) is 0 Å². The van der Waals surface area contributed by atoms with Crippen LogP contribution in [0.3, 0.4) is 0 Å². The minimum absolute atomic E-state index is 0.111. The molecule has 0 saturated carbocycles. The number of hydrogen-bond donors (Lipinski definition) is 2. The molecule has 0 heterocycles. The van der Waals surface area contributed by atoms with E-state index in [4.69, 9.17) is 9.47 Å². The first-order valence-corrected chi connectivity index (χ1v) is 10.4. The number of hydrazone groups is 1. The third-order valence-corrected chi connectivity index (χ3v) is 5.27. The van der Waals surface area contributed by atoms with Crippen molar-refractivity contribution in [3.63, 3.8) is 0 Å². The number of amides is 2. The molecule has 0 fully saturated rings. The molecule has 0 saturated heterocycles. The van der Waals surface area contributed by atoms with Crippen molar-refractivity contribution in [2.45, 2.75) is 45.4 Å². The lowest BCUT2D eigenvalue weighted by molar-refractivity contribution is -0.120. The van der Waals surface area contributed by atoms with Gasteiger partial charge in [-0.25, -0.2) is 5.43 Å². The van der Waals surface area contributed by atoms with Crippen LogP contribution < -0.4 is 20.2 Å². The molecule has 1 aliphatic carbocycles. The first-order chi connectivity index (χ1) is 15.0. The highest BCUT2D eigenvalue weighted by Gasteiger charge is 2.15. The molecule has 164 valence electrons. The molecule has 0 spiro atoms. The summed E-state index contributed by atoms with van der Waals surface area (Å²) in [4.78, 5) is 24.7. The van der Waals surface area contributed by atoms with Crippen LogP contribution in [0, 0.1) is 0 Å². The number of fused-ring (bicyclic) bond motifs is 1. The van der Waals surface area contributed by atoms with E-state index < -0.39 is 0 Å². The predicted octanol–water partition coefficient (Wildman–Crippen LogP) is 3.65. The molecule has 2 aromatic carbocycles. The fourth-order valence-corrected chi connectivity index (χ4v) is 3.74. The maximum absolute atomic E-state index is 12.4. The Bertz CT molecular complexity index is 985. The maximum Gasteiger partial charge on any atom is 0.244 e. The Balaban J connectivity index is 1.52. The van der Waals surface area contributed by atoms with Gasteiger partial charge in [-0.15, -0.1) is 0 Å². The fraction of sp³-hybridized carbons (Fsp3) is 0.375. The van der Waals surface area contributed by atoms with Gasteiger partial charge in [-0.2, -0.15) is 5.10 Å². The van der Waals surface area contributed by atoms with E-state index in [1.807, 2.05) is 12.1 Å². The summed E-state index contributed by atoms with van der Waals surface area (Å²) in [5.74, 6) is 0.747. The zero-order valence-electron chi connectivity index (χ0n) is 18.3. The number of carbonyl (C=O) groups excluding carboxylic acids is 2. The van der Waals surface area contributed by atoms with Gasteiger partial charge in [0, 0.05) is 11.4 Å². The Hall–Kier alpha value is -3.35. The Kier molecular flexibility index (Phi) is 7.65. The number of nitrogens with one attached hydrogen (secondary N) is 2. The van der Waals surface area contributed by atoms with E-state index in [-0.39, 0.29) is 24.7 Å². The van der Waals surface area contributed by atoms with Gasteiger partial charge in [-0.3, -0.25) is 9.59 Å². The Morgan fingerprint density at radius 3 is 2.55 bits per heavy atom. The minimum atomic E-state index is -0.274. The smallest absolute Gasteiger partial charge is 0.244 e. The number of carbonyl (C=O) groups is 2. The highest BCUT2D eigenvalue weighted by atomic mass is 16.5. The quantitative estimate of drug-likeness (QED) is 0.501. The van der Waals surface area contributed by atoms with Crippen molar-refractivity contribution in [3.8, 4) is 11.5 Å². The second kappa shape index (κ2) is 10.6. The summed E-state index contributed by atoms with van der Waals surface area (Å²) in [6, 6.07) is 11.4. The number of aryl methyl sites for hydroxylation is 1. The van der Waals surface area contributed by atoms with Gasteiger partial charge in [-0.05, 0) is 67.5 Å². The minimum Gasteiger partial charge on any atom is -0.493 e. The molecule has 0 aliphatic heterocycles. The van der Waals surface area contributed by atoms with Crippen molar-refractivity contribution in [2.24, 2.45) is 5.10 Å². The molecule has 0 radical (unpaired) electrons. The van der Waals surface area contributed by atoms with Gasteiger partial charge >= 0.3 is 0 Å². The lowest BCUT2D eigenvalue weighted by Gasteiger charge is -2.19. The SMILES string of the molecule is COc1ccc(CC(=O)N/N=C(\C)CC(=O)Nc2cccc3c2CCCC3)cc1OC. The van der Waals surface area contributed by atoms with E-state index in [0.717, 1.165) is 30.5 Å². The Morgan fingerprint density at radius 1 is 1.00 bits per heavy atom. The molecule has 0 bridgehead atoms. The van der Waals surface area contributed by atoms with Crippen molar-refractivity contribution in [1.82, 2.24) is 5.43 Å². The molecule has 0 aromatic heterocycles. The van der Waals surface area contributed by atoms with E-state index >= 15 is 0 Å². The van der Waals surface area contributed by atoms with Crippen LogP contribution in [0.15, 0.2) is 41.5 Å². The highest BCUT2D eigenvalue weighted by Crippen LogP contribution is 2.28. The highest BCUT2D eigenvalue weighted by molar-refractivity contribution is 6.06. The summed E-state index contributed by atoms with van der Waals surface area (Å²) in [7, 11) is 3.11. The number of ether oxygens (including phenoxy) is 2. The van der Waals surface area contributed by atoms with Crippen LogP contribution in [0.5, 0.6) is 11.5 Å². The molecule has 3 rings (SSSR count). The zero-order valence-corrected chi connectivity index (χ0v) is 18.3. The molecular formula is C24H29N3O4. The first-order valence-electron chi connectivity index (χ1n) is 10.4. The summed E-state index contributed by atoms with van der Waals surface area (Å²) < 4.78 is 10.5. The lowest BCUT2D eigenvalue weighted by atomic mass is 9.90. The monoisotopic (exact) mass is 423 g/mol. The molecule has 7 nitrogen and oxygen atoms in total. The molecule has 0 atom stereocenters. The number of rotatable bonds is 8. The van der Waals surface area contributed by atoms with Gasteiger partial charge in [0.15, 0.2) is 11.5 Å². The molecule has 2 N–H and O–H groups in total. The summed E-state index contributed by atoms with van der Waals surface area (Å²) in [5.41, 5.74) is 7.25. The third kappa shape index (κ3) is 6.07. The molecule has 1 aliphatic rings. The normalized spacial score (nSPS) is 13.2. The second-order valence-electron chi connectivity index (χ2n) is 7.62. The summed E-state index contributed by atoms with van der Waals surface area (Å²) >= 11 is 0. The van der Waals surface area contributed by atoms with Gasteiger partial charge in [0.1, 0.15) is 0 Å². The number of benzene rings is 2. The summed E-state index contributed by atoms with van der Waals surface area (Å²) in [6.45, 7) is 1.72. The van der Waals surface area contributed by atoms with Crippen molar-refractivity contribution >= 4 is 23.2 Å². The molecule has 2 amide bonds. The van der Waals surface area contributed by atoms with E-state index in [1.165, 1.54) is 17.5 Å². The second-order valence-corrected chi connectivity index (χ2v) is 7.62. The van der Waals surface area contributed by atoms with Gasteiger partial charge in [0.25, 0.3) is 0 Å². The Morgan fingerprint density at radius 2 is 1.77 bits per heavy atom. The topological polar surface area (TPSA) is 89.0 Å².